The monoisotopic (exact) mass is 277 g/mol. The molecule has 112 valence electrons. The molecular formula is C17H27NO2. The van der Waals surface area contributed by atoms with Crippen molar-refractivity contribution < 1.29 is 9.53 Å². The number of ether oxygens (including phenoxy) is 1. The molecule has 1 rings (SSSR count). The topological polar surface area (TPSA) is 52.3 Å². The lowest BCUT2D eigenvalue weighted by Crippen LogP contribution is -2.14. The molecule has 1 atom stereocenters. The van der Waals surface area contributed by atoms with Gasteiger partial charge in [0.25, 0.3) is 0 Å². The summed E-state index contributed by atoms with van der Waals surface area (Å²) < 4.78 is 5.37. The number of nitrogens with two attached hydrogens (primary N) is 1. The van der Waals surface area contributed by atoms with Gasteiger partial charge in [-0.25, -0.2) is 0 Å². The van der Waals surface area contributed by atoms with E-state index >= 15 is 0 Å². The van der Waals surface area contributed by atoms with Crippen LogP contribution in [0.1, 0.15) is 51.5 Å². The number of hydrogen-bond donors (Lipinski definition) is 1. The fourth-order valence-electron chi connectivity index (χ4n) is 2.18. The quantitative estimate of drug-likeness (QED) is 0.549. The van der Waals surface area contributed by atoms with Crippen molar-refractivity contribution in [3.63, 3.8) is 0 Å². The third kappa shape index (κ3) is 6.09. The predicted octanol–water partition coefficient (Wildman–Crippen LogP) is 3.96. The molecular weight excluding hydrogens is 250 g/mol. The zero-order valence-corrected chi connectivity index (χ0v) is 12.7. The highest BCUT2D eigenvalue weighted by Gasteiger charge is 2.10. The largest absolute Gasteiger partial charge is 0.465 e. The van der Waals surface area contributed by atoms with Crippen molar-refractivity contribution in [3.05, 3.63) is 29.8 Å². The zero-order valence-electron chi connectivity index (χ0n) is 12.7. The first-order valence-electron chi connectivity index (χ1n) is 7.66. The number of esters is 1. The lowest BCUT2D eigenvalue weighted by atomic mass is 10.0. The van der Waals surface area contributed by atoms with E-state index < -0.39 is 0 Å². The Kier molecular flexibility index (Phi) is 7.78. The summed E-state index contributed by atoms with van der Waals surface area (Å²) in [5, 5.41) is 0. The van der Waals surface area contributed by atoms with E-state index in [0.29, 0.717) is 25.4 Å². The molecule has 0 radical (unpaired) electrons. The normalized spacial score (nSPS) is 12.1. The van der Waals surface area contributed by atoms with Gasteiger partial charge in [0.15, 0.2) is 0 Å². The Bertz CT molecular complexity index is 404. The highest BCUT2D eigenvalue weighted by Crippen LogP contribution is 2.15. The van der Waals surface area contributed by atoms with Crippen LogP contribution in [0.25, 0.3) is 0 Å². The molecule has 0 aliphatic rings. The predicted molar refractivity (Wildman–Crippen MR) is 83.4 cm³/mol. The number of anilines is 1. The molecule has 0 saturated heterocycles. The van der Waals surface area contributed by atoms with Crippen LogP contribution in [0.2, 0.25) is 0 Å². The Hall–Kier alpha value is -1.51. The number of hydrogen-bond acceptors (Lipinski definition) is 3. The second-order valence-corrected chi connectivity index (χ2v) is 5.30. The zero-order chi connectivity index (χ0) is 14.8. The summed E-state index contributed by atoms with van der Waals surface area (Å²) in [5.74, 6) is 0.379. The van der Waals surface area contributed by atoms with Gasteiger partial charge < -0.3 is 10.5 Å². The maximum Gasteiger partial charge on any atom is 0.306 e. The number of nitrogen functional groups attached to an aromatic ring is 1. The first kappa shape index (κ1) is 16.5. The van der Waals surface area contributed by atoms with Gasteiger partial charge in [0.05, 0.1) is 6.61 Å². The molecule has 1 aromatic rings. The Labute approximate surface area is 122 Å². The Morgan fingerprint density at radius 1 is 1.30 bits per heavy atom. The molecule has 3 heteroatoms. The average Bonchev–Trinajstić information content (AvgIpc) is 2.46. The molecule has 0 aliphatic carbocycles. The molecule has 0 bridgehead atoms. The molecule has 0 heterocycles. The molecule has 3 nitrogen and oxygen atoms in total. The van der Waals surface area contributed by atoms with Crippen molar-refractivity contribution in [2.75, 3.05) is 12.3 Å². The van der Waals surface area contributed by atoms with Gasteiger partial charge in [0, 0.05) is 12.1 Å². The number of benzene rings is 1. The molecule has 20 heavy (non-hydrogen) atoms. The maximum absolute atomic E-state index is 11.8. The number of carbonyl (C=O) groups excluding carboxylic acids is 1. The molecule has 0 fully saturated rings. The summed E-state index contributed by atoms with van der Waals surface area (Å²) in [6, 6.07) is 7.66. The number of unbranched alkanes of at least 4 members (excludes halogenated alkanes) is 1. The van der Waals surface area contributed by atoms with Crippen LogP contribution in [0.3, 0.4) is 0 Å². The Balaban J connectivity index is 2.28. The Morgan fingerprint density at radius 3 is 2.70 bits per heavy atom. The number of carbonyl (C=O) groups is 1. The van der Waals surface area contributed by atoms with Crippen LogP contribution < -0.4 is 5.73 Å². The van der Waals surface area contributed by atoms with Gasteiger partial charge in [0.2, 0.25) is 0 Å². The summed E-state index contributed by atoms with van der Waals surface area (Å²) in [6.45, 7) is 4.89. The minimum Gasteiger partial charge on any atom is -0.465 e. The summed E-state index contributed by atoms with van der Waals surface area (Å²) in [6.07, 6.45) is 5.66. The van der Waals surface area contributed by atoms with Gasteiger partial charge in [-0.2, -0.15) is 0 Å². The van der Waals surface area contributed by atoms with Crippen LogP contribution in [-0.4, -0.2) is 12.6 Å². The van der Waals surface area contributed by atoms with Crippen molar-refractivity contribution in [2.45, 2.75) is 52.4 Å². The van der Waals surface area contributed by atoms with Gasteiger partial charge in [-0.15, -0.1) is 0 Å². The number of aryl methyl sites for hydroxylation is 1. The molecule has 0 aliphatic heterocycles. The van der Waals surface area contributed by atoms with Crippen molar-refractivity contribution >= 4 is 11.7 Å². The van der Waals surface area contributed by atoms with Gasteiger partial charge in [-0.1, -0.05) is 51.3 Å². The van der Waals surface area contributed by atoms with E-state index in [9.17, 15) is 4.79 Å². The first-order chi connectivity index (χ1) is 9.67. The van der Waals surface area contributed by atoms with E-state index in [0.717, 1.165) is 24.1 Å². The number of rotatable bonds is 9. The van der Waals surface area contributed by atoms with Crippen molar-refractivity contribution in [1.29, 1.82) is 0 Å². The van der Waals surface area contributed by atoms with Crippen LogP contribution in [0.4, 0.5) is 5.69 Å². The van der Waals surface area contributed by atoms with Gasteiger partial charge >= 0.3 is 5.97 Å². The van der Waals surface area contributed by atoms with E-state index in [-0.39, 0.29) is 5.97 Å². The van der Waals surface area contributed by atoms with E-state index in [1.165, 1.54) is 12.8 Å². The number of para-hydroxylation sites is 1. The van der Waals surface area contributed by atoms with Gasteiger partial charge in [-0.05, 0) is 30.4 Å². The highest BCUT2D eigenvalue weighted by atomic mass is 16.5. The average molecular weight is 277 g/mol. The SMILES string of the molecule is CCCCC(CC)COC(=O)CCc1ccccc1N. The summed E-state index contributed by atoms with van der Waals surface area (Å²) in [4.78, 5) is 11.8. The third-order valence-electron chi connectivity index (χ3n) is 3.68. The van der Waals surface area contributed by atoms with Gasteiger partial charge in [-0.3, -0.25) is 4.79 Å². The van der Waals surface area contributed by atoms with Crippen LogP contribution in [-0.2, 0) is 16.0 Å². The second kappa shape index (κ2) is 9.40. The van der Waals surface area contributed by atoms with Crippen LogP contribution in [0.5, 0.6) is 0 Å². The molecule has 0 saturated carbocycles. The van der Waals surface area contributed by atoms with Crippen LogP contribution in [0, 0.1) is 5.92 Å². The fraction of sp³-hybridized carbons (Fsp3) is 0.588. The van der Waals surface area contributed by atoms with Crippen molar-refractivity contribution in [3.8, 4) is 0 Å². The summed E-state index contributed by atoms with van der Waals surface area (Å²) in [5.41, 5.74) is 7.61. The summed E-state index contributed by atoms with van der Waals surface area (Å²) in [7, 11) is 0. The molecule has 1 aromatic carbocycles. The molecule has 0 aromatic heterocycles. The molecule has 1 unspecified atom stereocenters. The maximum atomic E-state index is 11.8. The lowest BCUT2D eigenvalue weighted by Gasteiger charge is -2.14. The van der Waals surface area contributed by atoms with Gasteiger partial charge in [0.1, 0.15) is 0 Å². The third-order valence-corrected chi connectivity index (χ3v) is 3.68. The van der Waals surface area contributed by atoms with E-state index in [1.54, 1.807) is 0 Å². The highest BCUT2D eigenvalue weighted by molar-refractivity contribution is 5.70. The minimum atomic E-state index is -0.122. The summed E-state index contributed by atoms with van der Waals surface area (Å²) >= 11 is 0. The smallest absolute Gasteiger partial charge is 0.306 e. The first-order valence-corrected chi connectivity index (χ1v) is 7.66. The standard InChI is InChI=1S/C17H27NO2/c1-3-5-8-14(4-2)13-20-17(19)12-11-15-9-6-7-10-16(15)18/h6-7,9-10,14H,3-5,8,11-13,18H2,1-2H3. The van der Waals surface area contributed by atoms with Crippen molar-refractivity contribution in [2.24, 2.45) is 5.92 Å². The van der Waals surface area contributed by atoms with E-state index in [4.69, 9.17) is 10.5 Å². The van der Waals surface area contributed by atoms with E-state index in [1.807, 2.05) is 24.3 Å². The minimum absolute atomic E-state index is 0.122. The Morgan fingerprint density at radius 2 is 2.05 bits per heavy atom. The molecule has 0 spiro atoms. The van der Waals surface area contributed by atoms with Crippen LogP contribution >= 0.6 is 0 Å². The van der Waals surface area contributed by atoms with E-state index in [2.05, 4.69) is 13.8 Å². The fourth-order valence-corrected chi connectivity index (χ4v) is 2.18. The molecule has 0 amide bonds. The lowest BCUT2D eigenvalue weighted by molar-refractivity contribution is -0.145. The van der Waals surface area contributed by atoms with Crippen molar-refractivity contribution in [1.82, 2.24) is 0 Å². The molecule has 2 N–H and O–H groups in total. The van der Waals surface area contributed by atoms with Crippen LogP contribution in [0.15, 0.2) is 24.3 Å². The second-order valence-electron chi connectivity index (χ2n) is 5.30.